The molecule has 0 atom stereocenters. The SMILES string of the molecule is CCc1ccc(-c2noc(NC(=O)CCc3ccccc3)c2-c2ccncc2)cc1. The van der Waals surface area contributed by atoms with Crippen LogP contribution in [0.15, 0.2) is 83.6 Å². The number of pyridine rings is 1. The number of aromatic nitrogens is 2. The lowest BCUT2D eigenvalue weighted by molar-refractivity contribution is -0.116. The summed E-state index contributed by atoms with van der Waals surface area (Å²) in [6, 6.07) is 21.9. The molecule has 0 spiro atoms. The van der Waals surface area contributed by atoms with Gasteiger partial charge >= 0.3 is 0 Å². The number of amides is 1. The summed E-state index contributed by atoms with van der Waals surface area (Å²) in [5.74, 6) is 0.243. The van der Waals surface area contributed by atoms with E-state index in [0.29, 0.717) is 24.4 Å². The normalized spacial score (nSPS) is 10.7. The molecule has 0 aliphatic rings. The van der Waals surface area contributed by atoms with Crippen molar-refractivity contribution >= 4 is 11.8 Å². The Morgan fingerprint density at radius 2 is 1.63 bits per heavy atom. The third kappa shape index (κ3) is 4.46. The van der Waals surface area contributed by atoms with Gasteiger partial charge in [0.15, 0.2) is 0 Å². The van der Waals surface area contributed by atoms with Crippen LogP contribution in [0.25, 0.3) is 22.4 Å². The first-order valence-corrected chi connectivity index (χ1v) is 10.1. The monoisotopic (exact) mass is 397 g/mol. The van der Waals surface area contributed by atoms with Gasteiger partial charge in [0.1, 0.15) is 5.69 Å². The molecule has 2 aromatic carbocycles. The summed E-state index contributed by atoms with van der Waals surface area (Å²) in [4.78, 5) is 16.7. The highest BCUT2D eigenvalue weighted by Crippen LogP contribution is 2.37. The second kappa shape index (κ2) is 9.18. The summed E-state index contributed by atoms with van der Waals surface area (Å²) in [5, 5.41) is 7.18. The van der Waals surface area contributed by atoms with E-state index in [2.05, 4.69) is 34.5 Å². The molecule has 1 amide bonds. The molecular formula is C25H23N3O2. The Hall–Kier alpha value is -3.73. The average Bonchev–Trinajstić information content (AvgIpc) is 3.22. The van der Waals surface area contributed by atoms with E-state index in [-0.39, 0.29) is 5.91 Å². The summed E-state index contributed by atoms with van der Waals surface area (Å²) in [5.41, 5.74) is 5.65. The largest absolute Gasteiger partial charge is 0.337 e. The topological polar surface area (TPSA) is 68.0 Å². The molecule has 150 valence electrons. The fourth-order valence-corrected chi connectivity index (χ4v) is 3.35. The van der Waals surface area contributed by atoms with E-state index in [1.807, 2.05) is 54.6 Å². The first-order valence-electron chi connectivity index (χ1n) is 10.1. The summed E-state index contributed by atoms with van der Waals surface area (Å²) in [6.07, 6.45) is 5.43. The van der Waals surface area contributed by atoms with Crippen molar-refractivity contribution in [2.75, 3.05) is 5.32 Å². The second-order valence-electron chi connectivity index (χ2n) is 7.06. The first kappa shape index (κ1) is 19.6. The molecule has 30 heavy (non-hydrogen) atoms. The molecule has 2 aromatic heterocycles. The van der Waals surface area contributed by atoms with Gasteiger partial charge in [-0.15, -0.1) is 0 Å². The van der Waals surface area contributed by atoms with Gasteiger partial charge in [0, 0.05) is 24.4 Å². The minimum absolute atomic E-state index is 0.113. The third-order valence-electron chi connectivity index (χ3n) is 5.03. The predicted octanol–water partition coefficient (Wildman–Crippen LogP) is 5.54. The van der Waals surface area contributed by atoms with Gasteiger partial charge in [0.25, 0.3) is 0 Å². The van der Waals surface area contributed by atoms with E-state index in [1.54, 1.807) is 12.4 Å². The number of nitrogens with zero attached hydrogens (tertiary/aromatic N) is 2. The molecular weight excluding hydrogens is 374 g/mol. The third-order valence-corrected chi connectivity index (χ3v) is 5.03. The number of carbonyl (C=O) groups excluding carboxylic acids is 1. The van der Waals surface area contributed by atoms with Crippen LogP contribution in [-0.4, -0.2) is 16.0 Å². The van der Waals surface area contributed by atoms with Crippen molar-refractivity contribution in [3.05, 3.63) is 90.3 Å². The highest BCUT2D eigenvalue weighted by Gasteiger charge is 2.21. The molecule has 0 aliphatic heterocycles. The zero-order valence-electron chi connectivity index (χ0n) is 16.8. The Kier molecular flexibility index (Phi) is 5.99. The fourth-order valence-electron chi connectivity index (χ4n) is 3.35. The molecule has 4 rings (SSSR count). The Morgan fingerprint density at radius 1 is 0.900 bits per heavy atom. The number of hydrogen-bond donors (Lipinski definition) is 1. The van der Waals surface area contributed by atoms with Gasteiger partial charge in [0.05, 0.1) is 5.56 Å². The maximum absolute atomic E-state index is 12.6. The number of rotatable bonds is 7. The molecule has 4 aromatic rings. The maximum atomic E-state index is 12.6. The molecule has 0 saturated heterocycles. The first-order chi connectivity index (χ1) is 14.7. The van der Waals surface area contributed by atoms with E-state index >= 15 is 0 Å². The van der Waals surface area contributed by atoms with E-state index in [9.17, 15) is 4.79 Å². The van der Waals surface area contributed by atoms with Crippen LogP contribution in [-0.2, 0) is 17.6 Å². The smallest absolute Gasteiger partial charge is 0.239 e. The number of anilines is 1. The summed E-state index contributed by atoms with van der Waals surface area (Å²) < 4.78 is 5.58. The van der Waals surface area contributed by atoms with Crippen molar-refractivity contribution in [1.82, 2.24) is 10.1 Å². The lowest BCUT2D eigenvalue weighted by Crippen LogP contribution is -2.12. The molecule has 1 N–H and O–H groups in total. The standard InChI is InChI=1S/C25H23N3O2/c1-2-18-8-11-21(12-9-18)24-23(20-14-16-26-17-15-20)25(30-28-24)27-22(29)13-10-19-6-4-3-5-7-19/h3-9,11-12,14-17H,2,10,13H2,1H3,(H,27,29). The molecule has 0 aliphatic carbocycles. The van der Waals surface area contributed by atoms with Crippen molar-refractivity contribution in [2.45, 2.75) is 26.2 Å². The number of aryl methyl sites for hydroxylation is 2. The van der Waals surface area contributed by atoms with Crippen LogP contribution in [0.3, 0.4) is 0 Å². The average molecular weight is 397 g/mol. The Balaban J connectivity index is 1.61. The van der Waals surface area contributed by atoms with E-state index in [0.717, 1.165) is 28.7 Å². The van der Waals surface area contributed by atoms with Crippen molar-refractivity contribution in [1.29, 1.82) is 0 Å². The van der Waals surface area contributed by atoms with Gasteiger partial charge in [-0.3, -0.25) is 15.1 Å². The van der Waals surface area contributed by atoms with Crippen LogP contribution in [0.4, 0.5) is 5.88 Å². The van der Waals surface area contributed by atoms with Gasteiger partial charge in [-0.2, -0.15) is 0 Å². The van der Waals surface area contributed by atoms with Crippen molar-refractivity contribution < 1.29 is 9.32 Å². The fraction of sp³-hybridized carbons (Fsp3) is 0.160. The van der Waals surface area contributed by atoms with Crippen molar-refractivity contribution in [3.63, 3.8) is 0 Å². The quantitative estimate of drug-likeness (QED) is 0.445. The molecule has 0 fully saturated rings. The summed E-state index contributed by atoms with van der Waals surface area (Å²) >= 11 is 0. The minimum Gasteiger partial charge on any atom is -0.337 e. The van der Waals surface area contributed by atoms with Gasteiger partial charge in [-0.05, 0) is 41.7 Å². The van der Waals surface area contributed by atoms with Crippen LogP contribution < -0.4 is 5.32 Å². The number of carbonyl (C=O) groups is 1. The summed E-state index contributed by atoms with van der Waals surface area (Å²) in [6.45, 7) is 2.12. The van der Waals surface area contributed by atoms with Crippen LogP contribution in [0.2, 0.25) is 0 Å². The number of benzene rings is 2. The van der Waals surface area contributed by atoms with E-state index < -0.39 is 0 Å². The lowest BCUT2D eigenvalue weighted by atomic mass is 10.0. The molecule has 0 bridgehead atoms. The zero-order valence-corrected chi connectivity index (χ0v) is 16.8. The Bertz CT molecular complexity index is 1100. The molecule has 0 radical (unpaired) electrons. The van der Waals surface area contributed by atoms with Crippen LogP contribution in [0.5, 0.6) is 0 Å². The van der Waals surface area contributed by atoms with Crippen molar-refractivity contribution in [2.24, 2.45) is 0 Å². The number of hydrogen-bond acceptors (Lipinski definition) is 4. The molecule has 0 saturated carbocycles. The Labute approximate surface area is 175 Å². The molecule has 5 heteroatoms. The molecule has 5 nitrogen and oxygen atoms in total. The Morgan fingerprint density at radius 3 is 2.33 bits per heavy atom. The predicted molar refractivity (Wildman–Crippen MR) is 118 cm³/mol. The van der Waals surface area contributed by atoms with Gasteiger partial charge in [-0.1, -0.05) is 66.7 Å². The highest BCUT2D eigenvalue weighted by atomic mass is 16.5. The van der Waals surface area contributed by atoms with Crippen LogP contribution >= 0.6 is 0 Å². The minimum atomic E-state index is -0.113. The summed E-state index contributed by atoms with van der Waals surface area (Å²) in [7, 11) is 0. The number of nitrogens with one attached hydrogen (secondary N) is 1. The van der Waals surface area contributed by atoms with Crippen molar-refractivity contribution in [3.8, 4) is 22.4 Å². The van der Waals surface area contributed by atoms with Crippen LogP contribution in [0, 0.1) is 0 Å². The molecule has 0 unspecified atom stereocenters. The molecule has 2 heterocycles. The lowest BCUT2D eigenvalue weighted by Gasteiger charge is -2.07. The second-order valence-corrected chi connectivity index (χ2v) is 7.06. The maximum Gasteiger partial charge on any atom is 0.239 e. The highest BCUT2D eigenvalue weighted by molar-refractivity contribution is 5.97. The van der Waals surface area contributed by atoms with E-state index in [4.69, 9.17) is 4.52 Å². The van der Waals surface area contributed by atoms with Gasteiger partial charge in [-0.25, -0.2) is 0 Å². The van der Waals surface area contributed by atoms with Crippen LogP contribution in [0.1, 0.15) is 24.5 Å². The van der Waals surface area contributed by atoms with Gasteiger partial charge < -0.3 is 4.52 Å². The van der Waals surface area contributed by atoms with E-state index in [1.165, 1.54) is 5.56 Å². The van der Waals surface area contributed by atoms with Gasteiger partial charge in [0.2, 0.25) is 11.8 Å². The zero-order chi connectivity index (χ0) is 20.8.